The Labute approximate surface area is 122 Å². The number of piperidine rings is 1. The number of likely N-dealkylation sites (tertiary alicyclic amines) is 1. The molecule has 0 saturated carbocycles. The summed E-state index contributed by atoms with van der Waals surface area (Å²) in [6, 6.07) is 0.139. The minimum Gasteiger partial charge on any atom is -0.369 e. The van der Waals surface area contributed by atoms with E-state index in [1.165, 1.54) is 6.08 Å². The maximum atomic E-state index is 12.2. The quantitative estimate of drug-likeness (QED) is 0.860. The Morgan fingerprint density at radius 3 is 2.85 bits per heavy atom. The summed E-state index contributed by atoms with van der Waals surface area (Å²) in [5, 5.41) is 2.88. The standard InChI is InChI=1S/C14H19N3O2S/c1-9-3-4-11(14(15)19)7-17(9)13(18)6-5-12-8-20-10(2)16-12/h5-6,8-9,11H,3-4,7H2,1-2H3,(H2,15,19)/b6-5-/t9-,11+/m0/s1. The van der Waals surface area contributed by atoms with Gasteiger partial charge in [0.1, 0.15) is 0 Å². The van der Waals surface area contributed by atoms with Crippen LogP contribution in [0.3, 0.4) is 0 Å². The largest absolute Gasteiger partial charge is 0.369 e. The number of hydrogen-bond acceptors (Lipinski definition) is 4. The third kappa shape index (κ3) is 3.45. The monoisotopic (exact) mass is 293 g/mol. The van der Waals surface area contributed by atoms with Crippen LogP contribution in [0.4, 0.5) is 0 Å². The van der Waals surface area contributed by atoms with Gasteiger partial charge in [-0.1, -0.05) is 0 Å². The van der Waals surface area contributed by atoms with Crippen LogP contribution in [0, 0.1) is 12.8 Å². The van der Waals surface area contributed by atoms with Gasteiger partial charge in [0.2, 0.25) is 11.8 Å². The van der Waals surface area contributed by atoms with Crippen molar-refractivity contribution < 1.29 is 9.59 Å². The normalized spacial score (nSPS) is 23.2. The highest BCUT2D eigenvalue weighted by Crippen LogP contribution is 2.22. The van der Waals surface area contributed by atoms with Crippen molar-refractivity contribution in [3.05, 3.63) is 22.2 Å². The summed E-state index contributed by atoms with van der Waals surface area (Å²) in [6.07, 6.45) is 4.80. The molecule has 6 heteroatoms. The summed E-state index contributed by atoms with van der Waals surface area (Å²) in [5.41, 5.74) is 6.13. The molecule has 1 aromatic heterocycles. The second kappa shape index (κ2) is 6.17. The molecule has 0 radical (unpaired) electrons. The van der Waals surface area contributed by atoms with Crippen LogP contribution in [0.15, 0.2) is 11.5 Å². The maximum Gasteiger partial charge on any atom is 0.246 e. The van der Waals surface area contributed by atoms with Crippen molar-refractivity contribution in [1.29, 1.82) is 0 Å². The van der Waals surface area contributed by atoms with Gasteiger partial charge in [-0.25, -0.2) is 4.98 Å². The van der Waals surface area contributed by atoms with Crippen molar-refractivity contribution in [1.82, 2.24) is 9.88 Å². The van der Waals surface area contributed by atoms with Crippen LogP contribution in [0.2, 0.25) is 0 Å². The van der Waals surface area contributed by atoms with Gasteiger partial charge in [-0.2, -0.15) is 0 Å². The van der Waals surface area contributed by atoms with Crippen molar-refractivity contribution in [2.45, 2.75) is 32.7 Å². The van der Waals surface area contributed by atoms with Crippen molar-refractivity contribution in [3.63, 3.8) is 0 Å². The number of rotatable bonds is 3. The molecular weight excluding hydrogens is 274 g/mol. The van der Waals surface area contributed by atoms with Crippen molar-refractivity contribution in [2.24, 2.45) is 11.7 Å². The van der Waals surface area contributed by atoms with Gasteiger partial charge in [-0.3, -0.25) is 9.59 Å². The Morgan fingerprint density at radius 1 is 1.50 bits per heavy atom. The number of aromatic nitrogens is 1. The lowest BCUT2D eigenvalue weighted by atomic mass is 9.93. The summed E-state index contributed by atoms with van der Waals surface area (Å²) in [7, 11) is 0. The minimum atomic E-state index is -0.325. The molecule has 2 atom stereocenters. The van der Waals surface area contributed by atoms with Crippen LogP contribution >= 0.6 is 11.3 Å². The predicted octanol–water partition coefficient (Wildman–Crippen LogP) is 1.58. The number of thiazole rings is 1. The first-order chi connectivity index (χ1) is 9.47. The molecule has 2 rings (SSSR count). The highest BCUT2D eigenvalue weighted by Gasteiger charge is 2.30. The molecule has 20 heavy (non-hydrogen) atoms. The number of hydrogen-bond donors (Lipinski definition) is 1. The van der Waals surface area contributed by atoms with E-state index in [9.17, 15) is 9.59 Å². The van der Waals surface area contributed by atoms with Gasteiger partial charge in [0.15, 0.2) is 0 Å². The van der Waals surface area contributed by atoms with Crippen molar-refractivity contribution >= 4 is 29.2 Å². The summed E-state index contributed by atoms with van der Waals surface area (Å²) >= 11 is 1.55. The van der Waals surface area contributed by atoms with Gasteiger partial charge >= 0.3 is 0 Å². The number of nitrogens with two attached hydrogens (primary N) is 1. The van der Waals surface area contributed by atoms with E-state index in [0.29, 0.717) is 6.54 Å². The van der Waals surface area contributed by atoms with E-state index in [-0.39, 0.29) is 23.8 Å². The van der Waals surface area contributed by atoms with Crippen LogP contribution in [0.1, 0.15) is 30.5 Å². The van der Waals surface area contributed by atoms with E-state index < -0.39 is 0 Å². The highest BCUT2D eigenvalue weighted by molar-refractivity contribution is 7.09. The first-order valence-electron chi connectivity index (χ1n) is 6.67. The summed E-state index contributed by atoms with van der Waals surface area (Å²) in [6.45, 7) is 4.33. The molecule has 0 bridgehead atoms. The second-order valence-corrected chi connectivity index (χ2v) is 6.20. The second-order valence-electron chi connectivity index (χ2n) is 5.14. The summed E-state index contributed by atoms with van der Waals surface area (Å²) in [4.78, 5) is 29.5. The molecular formula is C14H19N3O2S. The van der Waals surface area contributed by atoms with Gasteiger partial charge in [-0.15, -0.1) is 11.3 Å². The minimum absolute atomic E-state index is 0.0888. The molecule has 0 aromatic carbocycles. The van der Waals surface area contributed by atoms with Crippen LogP contribution in [0.5, 0.6) is 0 Å². The third-order valence-corrected chi connectivity index (χ3v) is 4.39. The topological polar surface area (TPSA) is 76.3 Å². The van der Waals surface area contributed by atoms with E-state index >= 15 is 0 Å². The Kier molecular flexibility index (Phi) is 4.54. The first kappa shape index (κ1) is 14.7. The third-order valence-electron chi connectivity index (χ3n) is 3.60. The van der Waals surface area contributed by atoms with Gasteiger partial charge in [0.25, 0.3) is 0 Å². The predicted molar refractivity (Wildman–Crippen MR) is 79.0 cm³/mol. The lowest BCUT2D eigenvalue weighted by molar-refractivity contribution is -0.133. The Hall–Kier alpha value is -1.69. The molecule has 5 nitrogen and oxygen atoms in total. The van der Waals surface area contributed by atoms with Gasteiger partial charge in [-0.05, 0) is 32.8 Å². The van der Waals surface area contributed by atoms with Crippen LogP contribution in [0.25, 0.3) is 6.08 Å². The van der Waals surface area contributed by atoms with E-state index in [1.54, 1.807) is 22.3 Å². The van der Waals surface area contributed by atoms with Gasteiger partial charge in [0.05, 0.1) is 16.6 Å². The molecule has 2 N–H and O–H groups in total. The highest BCUT2D eigenvalue weighted by atomic mass is 32.1. The van der Waals surface area contributed by atoms with Gasteiger partial charge in [0, 0.05) is 24.0 Å². The number of primary amides is 1. The first-order valence-corrected chi connectivity index (χ1v) is 7.55. The van der Waals surface area contributed by atoms with Crippen LogP contribution in [-0.2, 0) is 9.59 Å². The fraction of sp³-hybridized carbons (Fsp3) is 0.500. The molecule has 0 unspecified atom stereocenters. The SMILES string of the molecule is Cc1nc(/C=C\C(=O)N2C[C@H](C(N)=O)CC[C@@H]2C)cs1. The van der Waals surface area contributed by atoms with E-state index in [1.807, 2.05) is 19.2 Å². The Bertz CT molecular complexity index is 538. The zero-order valence-corrected chi connectivity index (χ0v) is 12.5. The molecule has 1 aliphatic heterocycles. The molecule has 1 fully saturated rings. The molecule has 2 amide bonds. The Balaban J connectivity index is 2.03. The van der Waals surface area contributed by atoms with E-state index in [4.69, 9.17) is 5.73 Å². The maximum absolute atomic E-state index is 12.2. The van der Waals surface area contributed by atoms with Crippen LogP contribution in [-0.4, -0.2) is 34.3 Å². The summed E-state index contributed by atoms with van der Waals surface area (Å²) < 4.78 is 0. The number of amides is 2. The molecule has 1 aliphatic rings. The molecule has 0 spiro atoms. The lowest BCUT2D eigenvalue weighted by Crippen LogP contribution is -2.48. The number of nitrogens with zero attached hydrogens (tertiary/aromatic N) is 2. The van der Waals surface area contributed by atoms with E-state index in [0.717, 1.165) is 23.5 Å². The van der Waals surface area contributed by atoms with Crippen molar-refractivity contribution in [3.8, 4) is 0 Å². The average Bonchev–Trinajstić information content (AvgIpc) is 2.82. The fourth-order valence-electron chi connectivity index (χ4n) is 2.36. The fourth-order valence-corrected chi connectivity index (χ4v) is 2.94. The number of carbonyl (C=O) groups excluding carboxylic acids is 2. The lowest BCUT2D eigenvalue weighted by Gasteiger charge is -2.36. The van der Waals surface area contributed by atoms with Crippen LogP contribution < -0.4 is 5.73 Å². The molecule has 108 valence electrons. The molecule has 0 aliphatic carbocycles. The number of aryl methyl sites for hydroxylation is 1. The molecule has 2 heterocycles. The van der Waals surface area contributed by atoms with E-state index in [2.05, 4.69) is 4.98 Å². The Morgan fingerprint density at radius 2 is 2.25 bits per heavy atom. The average molecular weight is 293 g/mol. The van der Waals surface area contributed by atoms with Crippen molar-refractivity contribution in [2.75, 3.05) is 6.54 Å². The zero-order valence-electron chi connectivity index (χ0n) is 11.7. The summed E-state index contributed by atoms with van der Waals surface area (Å²) in [5.74, 6) is -0.645. The molecule has 1 aromatic rings. The molecule has 1 saturated heterocycles. The number of carbonyl (C=O) groups is 2. The zero-order chi connectivity index (χ0) is 14.7. The van der Waals surface area contributed by atoms with Gasteiger partial charge < -0.3 is 10.6 Å². The smallest absolute Gasteiger partial charge is 0.246 e.